The zero-order chi connectivity index (χ0) is 26.8. The molecule has 6 N–H and O–H groups in total. The zero-order valence-electron chi connectivity index (χ0n) is 20.8. The van der Waals surface area contributed by atoms with E-state index in [0.29, 0.717) is 42.5 Å². The molecule has 0 heterocycles. The molecule has 1 saturated carbocycles. The maximum Gasteiger partial charge on any atom is 0.328 e. The number of carbonyl (C=O) groups is 2. The summed E-state index contributed by atoms with van der Waals surface area (Å²) < 4.78 is 32.6. The summed E-state index contributed by atoms with van der Waals surface area (Å²) in [5.74, 6) is 0.00691. The maximum absolute atomic E-state index is 12.8. The average molecular weight is 552 g/mol. The standard InChI is InChI=1S/C25H34ClN5O5S/c1-36-23-21(15-18(26)16-22(23)28-14-12-27)24(32)29-13-11-17-7-9-20(10-8-17)37(34,35)31-25(33)30-19-5-3-2-4-6-19/h7-10,15-16,19,28H,2-6,11-14,27H2,1H3,(H,29,32)(H2,30,31,33). The summed E-state index contributed by atoms with van der Waals surface area (Å²) in [5.41, 5.74) is 7.22. The Labute approximate surface area is 222 Å². The molecule has 1 aliphatic rings. The molecule has 0 bridgehead atoms. The van der Waals surface area contributed by atoms with E-state index in [9.17, 15) is 18.0 Å². The summed E-state index contributed by atoms with van der Waals surface area (Å²) in [4.78, 5) is 24.9. The van der Waals surface area contributed by atoms with Crippen molar-refractivity contribution in [2.24, 2.45) is 5.73 Å². The SMILES string of the molecule is COc1c(NCCN)cc(Cl)cc1C(=O)NCCc1ccc(S(=O)(=O)NC(=O)NC2CCCCC2)cc1. The van der Waals surface area contributed by atoms with Gasteiger partial charge in [-0.15, -0.1) is 0 Å². The Kier molecular flexibility index (Phi) is 10.4. The predicted octanol–water partition coefficient (Wildman–Crippen LogP) is 3.01. The lowest BCUT2D eigenvalue weighted by atomic mass is 9.96. The number of benzene rings is 2. The fraction of sp³-hybridized carbons (Fsp3) is 0.440. The number of amides is 3. The molecule has 3 amide bonds. The van der Waals surface area contributed by atoms with Gasteiger partial charge in [0.25, 0.3) is 15.9 Å². The molecular formula is C25H34ClN5O5S. The molecule has 0 aromatic heterocycles. The molecule has 37 heavy (non-hydrogen) atoms. The van der Waals surface area contributed by atoms with Gasteiger partial charge in [-0.25, -0.2) is 17.9 Å². The summed E-state index contributed by atoms with van der Waals surface area (Å²) >= 11 is 6.18. The lowest BCUT2D eigenvalue weighted by Gasteiger charge is -2.22. The van der Waals surface area contributed by atoms with Gasteiger partial charge in [-0.3, -0.25) is 4.79 Å². The molecule has 2 aromatic rings. The Morgan fingerprint density at radius 3 is 2.43 bits per heavy atom. The lowest BCUT2D eigenvalue weighted by Crippen LogP contribution is -2.45. The molecule has 0 radical (unpaired) electrons. The van der Waals surface area contributed by atoms with Crippen molar-refractivity contribution >= 4 is 39.2 Å². The first-order valence-corrected chi connectivity index (χ1v) is 14.1. The summed E-state index contributed by atoms with van der Waals surface area (Å²) in [5, 5.41) is 9.03. The number of methoxy groups -OCH3 is 1. The van der Waals surface area contributed by atoms with Gasteiger partial charge in [0.2, 0.25) is 0 Å². The van der Waals surface area contributed by atoms with Crippen LogP contribution in [0.5, 0.6) is 5.75 Å². The quantitative estimate of drug-likeness (QED) is 0.288. The number of ether oxygens (including phenoxy) is 1. The number of sulfonamides is 1. The highest BCUT2D eigenvalue weighted by molar-refractivity contribution is 7.90. The van der Waals surface area contributed by atoms with Crippen LogP contribution >= 0.6 is 11.6 Å². The molecule has 0 atom stereocenters. The summed E-state index contributed by atoms with van der Waals surface area (Å²) in [6.07, 6.45) is 5.36. The van der Waals surface area contributed by atoms with Crippen LogP contribution in [0.3, 0.4) is 0 Å². The van der Waals surface area contributed by atoms with Gasteiger partial charge in [-0.1, -0.05) is 43.0 Å². The van der Waals surface area contributed by atoms with Crippen LogP contribution in [0.1, 0.15) is 48.0 Å². The third kappa shape index (κ3) is 8.24. The van der Waals surface area contributed by atoms with E-state index in [-0.39, 0.29) is 22.4 Å². The van der Waals surface area contributed by atoms with E-state index in [1.165, 1.54) is 25.3 Å². The molecule has 2 aromatic carbocycles. The van der Waals surface area contributed by atoms with Crippen LogP contribution in [0.4, 0.5) is 10.5 Å². The van der Waals surface area contributed by atoms with E-state index in [4.69, 9.17) is 22.1 Å². The van der Waals surface area contributed by atoms with Crippen molar-refractivity contribution in [2.45, 2.75) is 49.5 Å². The Morgan fingerprint density at radius 2 is 1.78 bits per heavy atom. The number of carbonyl (C=O) groups excluding carboxylic acids is 2. The Balaban J connectivity index is 1.55. The number of hydrogen-bond acceptors (Lipinski definition) is 7. The third-order valence-corrected chi connectivity index (χ3v) is 7.63. The molecule has 0 unspecified atom stereocenters. The van der Waals surface area contributed by atoms with Crippen LogP contribution in [0.2, 0.25) is 5.02 Å². The zero-order valence-corrected chi connectivity index (χ0v) is 22.4. The lowest BCUT2D eigenvalue weighted by molar-refractivity contribution is 0.0951. The van der Waals surface area contributed by atoms with Crippen LogP contribution in [0.15, 0.2) is 41.3 Å². The monoisotopic (exact) mass is 551 g/mol. The number of hydrogen-bond donors (Lipinski definition) is 5. The van der Waals surface area contributed by atoms with Gasteiger partial charge >= 0.3 is 6.03 Å². The molecule has 1 fully saturated rings. The highest BCUT2D eigenvalue weighted by Crippen LogP contribution is 2.32. The first-order valence-electron chi connectivity index (χ1n) is 12.3. The van der Waals surface area contributed by atoms with Crippen molar-refractivity contribution in [2.75, 3.05) is 32.1 Å². The predicted molar refractivity (Wildman–Crippen MR) is 144 cm³/mol. The fourth-order valence-corrected chi connectivity index (χ4v) is 5.35. The van der Waals surface area contributed by atoms with Crippen LogP contribution in [0.25, 0.3) is 0 Å². The molecule has 0 saturated heterocycles. The number of nitrogens with two attached hydrogens (primary N) is 1. The van der Waals surface area contributed by atoms with Gasteiger partial charge in [0.05, 0.1) is 23.3 Å². The third-order valence-electron chi connectivity index (χ3n) is 6.06. The molecule has 10 nitrogen and oxygen atoms in total. The van der Waals surface area contributed by atoms with Gasteiger partial charge < -0.3 is 26.4 Å². The van der Waals surface area contributed by atoms with E-state index in [1.807, 2.05) is 0 Å². The highest BCUT2D eigenvalue weighted by Gasteiger charge is 2.21. The van der Waals surface area contributed by atoms with Crippen molar-refractivity contribution in [3.8, 4) is 5.75 Å². The molecule has 202 valence electrons. The van der Waals surface area contributed by atoms with E-state index < -0.39 is 16.1 Å². The first kappa shape index (κ1) is 28.5. The van der Waals surface area contributed by atoms with E-state index in [1.54, 1.807) is 18.2 Å². The molecule has 1 aliphatic carbocycles. The Hall–Kier alpha value is -3.02. The smallest absolute Gasteiger partial charge is 0.328 e. The van der Waals surface area contributed by atoms with Gasteiger partial charge in [0.15, 0.2) is 5.75 Å². The van der Waals surface area contributed by atoms with Crippen molar-refractivity contribution in [1.82, 2.24) is 15.4 Å². The molecule has 12 heteroatoms. The minimum Gasteiger partial charge on any atom is -0.494 e. The average Bonchev–Trinajstić information content (AvgIpc) is 2.87. The second-order valence-electron chi connectivity index (χ2n) is 8.81. The number of rotatable bonds is 11. The normalized spacial score (nSPS) is 14.0. The van der Waals surface area contributed by atoms with Crippen LogP contribution in [-0.2, 0) is 16.4 Å². The summed E-state index contributed by atoms with van der Waals surface area (Å²) in [6, 6.07) is 8.64. The van der Waals surface area contributed by atoms with E-state index in [0.717, 1.165) is 37.7 Å². The topological polar surface area (TPSA) is 152 Å². The van der Waals surface area contributed by atoms with Crippen molar-refractivity contribution in [1.29, 1.82) is 0 Å². The highest BCUT2D eigenvalue weighted by atomic mass is 35.5. The second kappa shape index (κ2) is 13.5. The maximum atomic E-state index is 12.8. The number of urea groups is 1. The summed E-state index contributed by atoms with van der Waals surface area (Å²) in [6.45, 7) is 1.19. The van der Waals surface area contributed by atoms with Gasteiger partial charge in [-0.2, -0.15) is 0 Å². The molecule has 0 aliphatic heterocycles. The molecular weight excluding hydrogens is 518 g/mol. The first-order chi connectivity index (χ1) is 17.7. The van der Waals surface area contributed by atoms with Crippen LogP contribution in [0, 0.1) is 0 Å². The minimum absolute atomic E-state index is 0.00204. The fourth-order valence-electron chi connectivity index (χ4n) is 4.21. The van der Waals surface area contributed by atoms with Crippen LogP contribution < -0.4 is 31.1 Å². The number of anilines is 1. The largest absolute Gasteiger partial charge is 0.494 e. The summed E-state index contributed by atoms with van der Waals surface area (Å²) in [7, 11) is -2.52. The van der Waals surface area contributed by atoms with Crippen LogP contribution in [-0.4, -0.2) is 53.1 Å². The minimum atomic E-state index is -3.99. The van der Waals surface area contributed by atoms with E-state index >= 15 is 0 Å². The van der Waals surface area contributed by atoms with Gasteiger partial charge in [0, 0.05) is 30.7 Å². The Bertz CT molecular complexity index is 1180. The molecule has 3 rings (SSSR count). The van der Waals surface area contributed by atoms with Gasteiger partial charge in [0.1, 0.15) is 0 Å². The Morgan fingerprint density at radius 1 is 1.08 bits per heavy atom. The second-order valence-corrected chi connectivity index (χ2v) is 10.9. The number of nitrogens with one attached hydrogen (secondary N) is 4. The number of halogens is 1. The van der Waals surface area contributed by atoms with Crippen molar-refractivity contribution in [3.63, 3.8) is 0 Å². The van der Waals surface area contributed by atoms with Gasteiger partial charge in [-0.05, 0) is 49.1 Å². The van der Waals surface area contributed by atoms with Crippen molar-refractivity contribution in [3.05, 3.63) is 52.5 Å². The van der Waals surface area contributed by atoms with Crippen molar-refractivity contribution < 1.29 is 22.7 Å². The molecule has 0 spiro atoms. The van der Waals surface area contributed by atoms with E-state index in [2.05, 4.69) is 20.7 Å².